The first-order valence-electron chi connectivity index (χ1n) is 15.1. The highest BCUT2D eigenvalue weighted by atomic mass is 35.5. The van der Waals surface area contributed by atoms with Gasteiger partial charge in [0.2, 0.25) is 0 Å². The van der Waals surface area contributed by atoms with Crippen molar-refractivity contribution in [2.45, 2.75) is 52.6 Å². The van der Waals surface area contributed by atoms with Gasteiger partial charge in [0.05, 0.1) is 29.4 Å². The van der Waals surface area contributed by atoms with Gasteiger partial charge in [-0.05, 0) is 67.0 Å². The number of ether oxygens (including phenoxy) is 1. The molecule has 1 aliphatic rings. The zero-order valence-corrected chi connectivity index (χ0v) is 26.8. The Morgan fingerprint density at radius 2 is 1.95 bits per heavy atom. The van der Waals surface area contributed by atoms with E-state index in [4.69, 9.17) is 21.4 Å². The molecule has 0 atom stereocenters. The lowest BCUT2D eigenvalue weighted by Crippen LogP contribution is -2.16. The quantitative estimate of drug-likeness (QED) is 0.137. The van der Waals surface area contributed by atoms with Gasteiger partial charge in [-0.3, -0.25) is 4.68 Å². The Bertz CT molecular complexity index is 1870. The molecule has 3 heterocycles. The number of halogens is 2. The van der Waals surface area contributed by atoms with Crippen LogP contribution < -0.4 is 4.74 Å². The first-order valence-corrected chi connectivity index (χ1v) is 16.4. The number of aryl methyl sites for hydroxylation is 3. The summed E-state index contributed by atoms with van der Waals surface area (Å²) in [5.74, 6) is 0.309. The third-order valence-electron chi connectivity index (χ3n) is 8.41. The predicted octanol–water partition coefficient (Wildman–Crippen LogP) is 8.13. The number of aromatic nitrogens is 3. The van der Waals surface area contributed by atoms with Gasteiger partial charge in [-0.2, -0.15) is 5.10 Å². The Kier molecular flexibility index (Phi) is 8.89. The molecule has 2 aromatic heterocycles. The number of hydrogen-bond acceptors (Lipinski definition) is 5. The van der Waals surface area contributed by atoms with Gasteiger partial charge < -0.3 is 14.4 Å². The fourth-order valence-electron chi connectivity index (χ4n) is 6.49. The van der Waals surface area contributed by atoms with E-state index in [0.717, 1.165) is 74.9 Å². The van der Waals surface area contributed by atoms with Crippen LogP contribution in [0.5, 0.6) is 5.75 Å². The number of benzene rings is 3. The maximum Gasteiger partial charge on any atom is 0.352 e. The van der Waals surface area contributed by atoms with E-state index in [0.29, 0.717) is 49.0 Å². The maximum atomic E-state index is 13.8. The highest BCUT2D eigenvalue weighted by Crippen LogP contribution is 2.43. The van der Waals surface area contributed by atoms with Gasteiger partial charge in [0.1, 0.15) is 17.3 Å². The van der Waals surface area contributed by atoms with Crippen LogP contribution in [0.2, 0.25) is 5.02 Å². The number of aromatic carboxylic acids is 1. The average Bonchev–Trinajstić information content (AvgIpc) is 3.48. The Labute approximate surface area is 265 Å². The molecule has 230 valence electrons. The summed E-state index contributed by atoms with van der Waals surface area (Å²) in [7, 11) is 1.97. The van der Waals surface area contributed by atoms with Crippen molar-refractivity contribution in [3.05, 3.63) is 82.0 Å². The van der Waals surface area contributed by atoms with Crippen molar-refractivity contribution >= 4 is 51.2 Å². The summed E-state index contributed by atoms with van der Waals surface area (Å²) in [4.78, 5) is 13.0. The molecular formula is C34H36ClFN4O3S. The molecule has 0 saturated heterocycles. The van der Waals surface area contributed by atoms with Crippen LogP contribution in [0.3, 0.4) is 0 Å². The van der Waals surface area contributed by atoms with Gasteiger partial charge in [0.15, 0.2) is 0 Å². The van der Waals surface area contributed by atoms with E-state index < -0.39 is 5.97 Å². The molecule has 0 radical (unpaired) electrons. The number of fused-ring (bicyclic) bond motifs is 3. The molecule has 0 fully saturated rings. The summed E-state index contributed by atoms with van der Waals surface area (Å²) in [6.07, 6.45) is 2.70. The molecule has 44 heavy (non-hydrogen) atoms. The zero-order chi connectivity index (χ0) is 31.0. The topological polar surface area (TPSA) is 72.5 Å². The highest BCUT2D eigenvalue weighted by molar-refractivity contribution is 7.96. The van der Waals surface area contributed by atoms with E-state index in [2.05, 4.69) is 18.2 Å². The van der Waals surface area contributed by atoms with E-state index in [-0.39, 0.29) is 5.82 Å². The van der Waals surface area contributed by atoms with Crippen LogP contribution in [0.15, 0.2) is 48.5 Å². The molecule has 0 amide bonds. The second-order valence-electron chi connectivity index (χ2n) is 11.1. The smallest absolute Gasteiger partial charge is 0.352 e. The van der Waals surface area contributed by atoms with Crippen molar-refractivity contribution in [1.82, 2.24) is 18.7 Å². The normalized spacial score (nSPS) is 14.1. The van der Waals surface area contributed by atoms with Gasteiger partial charge in [-0.15, -0.1) is 0 Å². The second-order valence-corrected chi connectivity index (χ2v) is 12.7. The molecule has 0 spiro atoms. The fraction of sp³-hybridized carbons (Fsp3) is 0.353. The maximum absolute atomic E-state index is 13.8. The van der Waals surface area contributed by atoms with E-state index in [1.165, 1.54) is 12.1 Å². The van der Waals surface area contributed by atoms with Crippen LogP contribution in [0.25, 0.3) is 32.8 Å². The lowest BCUT2D eigenvalue weighted by molar-refractivity contribution is 0.0684. The molecule has 6 rings (SSSR count). The summed E-state index contributed by atoms with van der Waals surface area (Å²) >= 11 is 8.82. The molecular weight excluding hydrogens is 599 g/mol. The number of hydrogen-bond donors (Lipinski definition) is 1. The van der Waals surface area contributed by atoms with Crippen LogP contribution in [0, 0.1) is 5.82 Å². The summed E-state index contributed by atoms with van der Waals surface area (Å²) < 4.78 is 26.1. The molecule has 1 aliphatic heterocycles. The minimum absolute atomic E-state index is 0.288. The van der Waals surface area contributed by atoms with Gasteiger partial charge in [0, 0.05) is 53.5 Å². The Morgan fingerprint density at radius 1 is 1.14 bits per heavy atom. The first-order chi connectivity index (χ1) is 21.3. The van der Waals surface area contributed by atoms with E-state index in [1.807, 2.05) is 46.6 Å². The molecule has 0 saturated carbocycles. The van der Waals surface area contributed by atoms with Gasteiger partial charge in [0.25, 0.3) is 0 Å². The van der Waals surface area contributed by atoms with Crippen molar-refractivity contribution in [2.75, 3.05) is 18.9 Å². The van der Waals surface area contributed by atoms with Crippen LogP contribution in [-0.4, -0.2) is 48.6 Å². The molecule has 5 aromatic rings. The van der Waals surface area contributed by atoms with Crippen molar-refractivity contribution < 1.29 is 19.0 Å². The number of carboxylic acid groups (broad SMARTS) is 1. The molecule has 10 heteroatoms. The SMILES string of the molecule is CCc1c2c(nn1C)CN(CC)SCCCn1c(C(=O)O)c(CCCOc3cccc4cc(F)ccc34)c3ccc(Cl)c-2c31. The van der Waals surface area contributed by atoms with Gasteiger partial charge in [-0.25, -0.2) is 13.5 Å². The monoisotopic (exact) mass is 634 g/mol. The number of rotatable bonds is 8. The van der Waals surface area contributed by atoms with Crippen LogP contribution in [-0.2, 0) is 33.0 Å². The molecule has 0 bridgehead atoms. The summed E-state index contributed by atoms with van der Waals surface area (Å²) in [5, 5.41) is 18.7. The molecule has 1 N–H and O–H groups in total. The Balaban J connectivity index is 1.43. The van der Waals surface area contributed by atoms with Crippen molar-refractivity contribution in [2.24, 2.45) is 7.05 Å². The standard InChI is InChI=1S/C34H36ClFN4O3S/c1-4-28-31-27(37-38(28)3)20-39(5-2)44-18-8-16-40-32-25(14-15-26(35)30(31)32)24(33(40)34(41)42)10-7-17-43-29-11-6-9-21-19-22(36)12-13-23(21)29/h6,9,11-15,19H,4-5,7-8,10,16-18,20H2,1-3H3,(H,41,42). The van der Waals surface area contributed by atoms with Crippen molar-refractivity contribution in [3.63, 3.8) is 0 Å². The Hall–Kier alpha value is -3.53. The largest absolute Gasteiger partial charge is 0.493 e. The number of carboxylic acids is 1. The van der Waals surface area contributed by atoms with Crippen LogP contribution >= 0.6 is 23.5 Å². The second kappa shape index (κ2) is 12.8. The highest BCUT2D eigenvalue weighted by Gasteiger charge is 2.29. The Morgan fingerprint density at radius 3 is 2.73 bits per heavy atom. The lowest BCUT2D eigenvalue weighted by atomic mass is 9.97. The van der Waals surface area contributed by atoms with Crippen LogP contribution in [0.4, 0.5) is 4.39 Å². The van der Waals surface area contributed by atoms with E-state index >= 15 is 0 Å². The number of carbonyl (C=O) groups is 1. The van der Waals surface area contributed by atoms with E-state index in [9.17, 15) is 14.3 Å². The van der Waals surface area contributed by atoms with Crippen LogP contribution in [0.1, 0.15) is 54.1 Å². The molecule has 3 aromatic carbocycles. The minimum Gasteiger partial charge on any atom is -0.493 e. The molecule has 0 aliphatic carbocycles. The van der Waals surface area contributed by atoms with Gasteiger partial charge in [-0.1, -0.05) is 55.6 Å². The fourth-order valence-corrected chi connectivity index (χ4v) is 7.65. The van der Waals surface area contributed by atoms with Crippen molar-refractivity contribution in [3.8, 4) is 16.9 Å². The first kappa shape index (κ1) is 30.5. The lowest BCUT2D eigenvalue weighted by Gasteiger charge is -2.18. The minimum atomic E-state index is -0.949. The zero-order valence-electron chi connectivity index (χ0n) is 25.2. The van der Waals surface area contributed by atoms with Gasteiger partial charge >= 0.3 is 5.97 Å². The predicted molar refractivity (Wildman–Crippen MR) is 176 cm³/mol. The third-order valence-corrected chi connectivity index (χ3v) is 9.95. The number of nitrogens with zero attached hydrogens (tertiary/aromatic N) is 4. The summed E-state index contributed by atoms with van der Waals surface area (Å²) in [6, 6.07) is 14.1. The third kappa shape index (κ3) is 5.57. The molecule has 0 unspecified atom stereocenters. The summed E-state index contributed by atoms with van der Waals surface area (Å²) in [5.41, 5.74) is 5.85. The van der Waals surface area contributed by atoms with Crippen molar-refractivity contribution in [1.29, 1.82) is 0 Å². The molecule has 7 nitrogen and oxygen atoms in total. The van der Waals surface area contributed by atoms with E-state index in [1.54, 1.807) is 18.0 Å². The summed E-state index contributed by atoms with van der Waals surface area (Å²) in [6.45, 7) is 6.76. The average molecular weight is 635 g/mol.